The second kappa shape index (κ2) is 12.6. The number of hydrogen-bond acceptors (Lipinski definition) is 4. The van der Waals surface area contributed by atoms with Gasteiger partial charge in [0.25, 0.3) is 0 Å². The largest absolute Gasteiger partial charge is 0.380 e. The molecule has 0 saturated carbocycles. The molecular weight excluding hydrogens is 252 g/mol. The van der Waals surface area contributed by atoms with Crippen LogP contribution in [0, 0.1) is 5.92 Å². The van der Waals surface area contributed by atoms with Crippen molar-refractivity contribution in [1.29, 1.82) is 0 Å². The number of ether oxygens (including phenoxy) is 2. The third-order valence-corrected chi connectivity index (χ3v) is 3.43. The minimum absolute atomic E-state index is 0.525. The highest BCUT2D eigenvalue weighted by Gasteiger charge is 2.21. The van der Waals surface area contributed by atoms with Crippen LogP contribution in [0.25, 0.3) is 0 Å². The molecule has 0 aromatic rings. The van der Waals surface area contributed by atoms with Crippen molar-refractivity contribution >= 4 is 0 Å². The lowest BCUT2D eigenvalue weighted by Gasteiger charge is -2.35. The summed E-state index contributed by atoms with van der Waals surface area (Å²) in [6.45, 7) is 19.2. The van der Waals surface area contributed by atoms with Gasteiger partial charge in [-0.1, -0.05) is 27.7 Å². The molecule has 0 aliphatic rings. The molecular formula is C16H36N2O2. The molecule has 20 heavy (non-hydrogen) atoms. The fraction of sp³-hybridized carbons (Fsp3) is 1.00. The van der Waals surface area contributed by atoms with Crippen LogP contribution >= 0.6 is 0 Å². The molecule has 0 rings (SSSR count). The summed E-state index contributed by atoms with van der Waals surface area (Å²) < 4.78 is 11.0. The van der Waals surface area contributed by atoms with Crippen LogP contribution in [-0.2, 0) is 9.47 Å². The Balaban J connectivity index is 4.44. The maximum atomic E-state index is 5.52. The molecule has 0 aromatic heterocycles. The zero-order valence-corrected chi connectivity index (χ0v) is 14.4. The van der Waals surface area contributed by atoms with Crippen molar-refractivity contribution in [3.05, 3.63) is 0 Å². The monoisotopic (exact) mass is 288 g/mol. The van der Waals surface area contributed by atoms with E-state index in [1.165, 1.54) is 0 Å². The van der Waals surface area contributed by atoms with Gasteiger partial charge in [0.1, 0.15) is 0 Å². The van der Waals surface area contributed by atoms with Crippen molar-refractivity contribution in [2.45, 2.75) is 53.6 Å². The average Bonchev–Trinajstić information content (AvgIpc) is 2.38. The van der Waals surface area contributed by atoms with Gasteiger partial charge >= 0.3 is 0 Å². The molecule has 0 bridgehead atoms. The van der Waals surface area contributed by atoms with E-state index in [0.29, 0.717) is 18.0 Å². The fourth-order valence-corrected chi connectivity index (χ4v) is 2.24. The van der Waals surface area contributed by atoms with Crippen LogP contribution in [-0.4, -0.2) is 63.0 Å². The Labute approximate surface area is 126 Å². The summed E-state index contributed by atoms with van der Waals surface area (Å²) in [5.41, 5.74) is 0. The summed E-state index contributed by atoms with van der Waals surface area (Å²) in [6.07, 6.45) is 0. The van der Waals surface area contributed by atoms with Crippen molar-refractivity contribution in [1.82, 2.24) is 10.2 Å². The smallest absolute Gasteiger partial charge is 0.0593 e. The van der Waals surface area contributed by atoms with Crippen molar-refractivity contribution in [2.24, 2.45) is 5.92 Å². The zero-order valence-electron chi connectivity index (χ0n) is 14.4. The molecule has 0 heterocycles. The zero-order chi connectivity index (χ0) is 15.4. The second-order valence-electron chi connectivity index (χ2n) is 5.80. The van der Waals surface area contributed by atoms with E-state index in [1.807, 2.05) is 13.8 Å². The first-order valence-electron chi connectivity index (χ1n) is 8.15. The number of rotatable bonds is 13. The van der Waals surface area contributed by atoms with E-state index in [-0.39, 0.29) is 0 Å². The molecule has 0 aliphatic heterocycles. The summed E-state index contributed by atoms with van der Waals surface area (Å²) in [5.74, 6) is 0.615. The molecule has 0 saturated heterocycles. The van der Waals surface area contributed by atoms with Crippen LogP contribution in [0.15, 0.2) is 0 Å². The van der Waals surface area contributed by atoms with E-state index >= 15 is 0 Å². The molecule has 4 nitrogen and oxygen atoms in total. The van der Waals surface area contributed by atoms with E-state index in [1.54, 1.807) is 0 Å². The topological polar surface area (TPSA) is 33.7 Å². The Bertz CT molecular complexity index is 201. The first kappa shape index (κ1) is 19.8. The van der Waals surface area contributed by atoms with Gasteiger partial charge in [-0.15, -0.1) is 0 Å². The van der Waals surface area contributed by atoms with Crippen LogP contribution in [0.5, 0.6) is 0 Å². The van der Waals surface area contributed by atoms with Gasteiger partial charge in [-0.3, -0.25) is 4.90 Å². The van der Waals surface area contributed by atoms with Crippen LogP contribution in [0.2, 0.25) is 0 Å². The summed E-state index contributed by atoms with van der Waals surface area (Å²) >= 11 is 0. The highest BCUT2D eigenvalue weighted by Crippen LogP contribution is 2.10. The van der Waals surface area contributed by atoms with E-state index in [4.69, 9.17) is 9.47 Å². The number of nitrogens with zero attached hydrogens (tertiary/aromatic N) is 1. The third-order valence-electron chi connectivity index (χ3n) is 3.43. The summed E-state index contributed by atoms with van der Waals surface area (Å²) in [5, 5.41) is 3.56. The van der Waals surface area contributed by atoms with Gasteiger partial charge in [0.2, 0.25) is 0 Å². The lowest BCUT2D eigenvalue weighted by atomic mass is 10.0. The molecule has 1 N–H and O–H groups in total. The van der Waals surface area contributed by atoms with Crippen molar-refractivity contribution in [3.8, 4) is 0 Å². The Morgan fingerprint density at radius 1 is 0.900 bits per heavy atom. The lowest BCUT2D eigenvalue weighted by Crippen LogP contribution is -2.49. The van der Waals surface area contributed by atoms with Gasteiger partial charge in [0.05, 0.1) is 13.2 Å². The minimum atomic E-state index is 0.525. The SMILES string of the molecule is CCOCCN(CCOCC)C(CNC(C)C)C(C)C. The van der Waals surface area contributed by atoms with Gasteiger partial charge in [0, 0.05) is 44.9 Å². The molecule has 0 radical (unpaired) electrons. The molecule has 122 valence electrons. The predicted molar refractivity (Wildman–Crippen MR) is 86.3 cm³/mol. The van der Waals surface area contributed by atoms with E-state index in [2.05, 4.69) is 37.9 Å². The highest BCUT2D eigenvalue weighted by atomic mass is 16.5. The van der Waals surface area contributed by atoms with Crippen molar-refractivity contribution in [2.75, 3.05) is 46.1 Å². The maximum Gasteiger partial charge on any atom is 0.0593 e. The molecule has 0 fully saturated rings. The Kier molecular flexibility index (Phi) is 12.5. The first-order valence-corrected chi connectivity index (χ1v) is 8.15. The number of hydrogen-bond donors (Lipinski definition) is 1. The Hall–Kier alpha value is -0.160. The molecule has 4 heteroatoms. The first-order chi connectivity index (χ1) is 9.52. The molecule has 0 aliphatic carbocycles. The van der Waals surface area contributed by atoms with Crippen LogP contribution in [0.1, 0.15) is 41.5 Å². The minimum Gasteiger partial charge on any atom is -0.380 e. The van der Waals surface area contributed by atoms with Crippen LogP contribution in [0.3, 0.4) is 0 Å². The van der Waals surface area contributed by atoms with E-state index < -0.39 is 0 Å². The standard InChI is InChI=1S/C16H36N2O2/c1-7-19-11-9-18(10-12-20-8-2)16(14(3)4)13-17-15(5)6/h14-17H,7-13H2,1-6H3. The molecule has 0 spiro atoms. The lowest BCUT2D eigenvalue weighted by molar-refractivity contribution is 0.0504. The fourth-order valence-electron chi connectivity index (χ4n) is 2.24. The third kappa shape index (κ3) is 9.70. The maximum absolute atomic E-state index is 5.52. The molecule has 1 atom stereocenters. The normalized spacial score (nSPS) is 13.7. The quantitative estimate of drug-likeness (QED) is 0.528. The highest BCUT2D eigenvalue weighted by molar-refractivity contribution is 4.78. The van der Waals surface area contributed by atoms with Crippen molar-refractivity contribution < 1.29 is 9.47 Å². The van der Waals surface area contributed by atoms with Gasteiger partial charge in [-0.25, -0.2) is 0 Å². The predicted octanol–water partition coefficient (Wildman–Crippen LogP) is 2.38. The summed E-state index contributed by atoms with van der Waals surface area (Å²) in [6, 6.07) is 1.05. The van der Waals surface area contributed by atoms with Gasteiger partial charge in [-0.05, 0) is 19.8 Å². The van der Waals surface area contributed by atoms with Gasteiger partial charge in [-0.2, -0.15) is 0 Å². The number of nitrogens with one attached hydrogen (secondary N) is 1. The van der Waals surface area contributed by atoms with E-state index in [9.17, 15) is 0 Å². The molecule has 0 aromatic carbocycles. The average molecular weight is 288 g/mol. The Morgan fingerprint density at radius 3 is 1.75 bits per heavy atom. The van der Waals surface area contributed by atoms with Crippen LogP contribution < -0.4 is 5.32 Å². The molecule has 1 unspecified atom stereocenters. The molecule has 0 amide bonds. The summed E-state index contributed by atoms with van der Waals surface area (Å²) in [4.78, 5) is 2.51. The van der Waals surface area contributed by atoms with Crippen molar-refractivity contribution in [3.63, 3.8) is 0 Å². The van der Waals surface area contributed by atoms with E-state index in [0.717, 1.165) is 46.1 Å². The van der Waals surface area contributed by atoms with Gasteiger partial charge in [0.15, 0.2) is 0 Å². The van der Waals surface area contributed by atoms with Gasteiger partial charge < -0.3 is 14.8 Å². The van der Waals surface area contributed by atoms with Crippen LogP contribution in [0.4, 0.5) is 0 Å². The second-order valence-corrected chi connectivity index (χ2v) is 5.80. The Morgan fingerprint density at radius 2 is 1.40 bits per heavy atom. The summed E-state index contributed by atoms with van der Waals surface area (Å²) in [7, 11) is 0.